The van der Waals surface area contributed by atoms with E-state index in [1.807, 2.05) is 0 Å². The fourth-order valence-corrected chi connectivity index (χ4v) is 1.65. The number of nitrogens with one attached hydrogen (secondary N) is 1. The van der Waals surface area contributed by atoms with Gasteiger partial charge in [0, 0.05) is 11.5 Å². The number of rotatable bonds is 3. The van der Waals surface area contributed by atoms with Crippen LogP contribution in [-0.4, -0.2) is 24.2 Å². The molecule has 1 atom stereocenters. The highest BCUT2D eigenvalue weighted by molar-refractivity contribution is 4.93. The Balaban J connectivity index is 1.86. The second-order valence-electron chi connectivity index (χ2n) is 4.40. The summed E-state index contributed by atoms with van der Waals surface area (Å²) in [6.07, 6.45) is 3.18. The molecule has 0 bridgehead atoms. The topological polar surface area (TPSA) is 47.3 Å². The second kappa shape index (κ2) is 3.71. The van der Waals surface area contributed by atoms with Crippen LogP contribution in [0.25, 0.3) is 0 Å². The highest BCUT2D eigenvalue weighted by atomic mass is 16.5. The first-order chi connectivity index (χ1) is 6.68. The molecule has 1 aliphatic rings. The van der Waals surface area contributed by atoms with Crippen molar-refractivity contribution in [2.75, 3.05) is 13.2 Å². The number of hydrogen-bond donors (Lipinski definition) is 1. The maximum Gasteiger partial charge on any atom is 0.180 e. The number of oxazole rings is 1. The van der Waals surface area contributed by atoms with Gasteiger partial charge in [0.25, 0.3) is 0 Å². The molecule has 78 valence electrons. The van der Waals surface area contributed by atoms with E-state index in [-0.39, 0.29) is 5.41 Å². The van der Waals surface area contributed by atoms with Crippen molar-refractivity contribution in [2.24, 2.45) is 5.41 Å². The quantitative estimate of drug-likeness (QED) is 0.788. The van der Waals surface area contributed by atoms with Gasteiger partial charge in [0.2, 0.25) is 0 Å². The molecule has 0 aliphatic carbocycles. The minimum Gasteiger partial charge on any atom is -0.447 e. The monoisotopic (exact) mass is 196 g/mol. The van der Waals surface area contributed by atoms with E-state index < -0.39 is 0 Å². The molecule has 0 amide bonds. The molecule has 4 heteroatoms. The van der Waals surface area contributed by atoms with Crippen LogP contribution in [0.2, 0.25) is 0 Å². The first kappa shape index (κ1) is 9.68. The molecule has 0 saturated carbocycles. The van der Waals surface area contributed by atoms with Crippen molar-refractivity contribution in [3.05, 3.63) is 18.4 Å². The average molecular weight is 196 g/mol. The molecule has 1 unspecified atom stereocenters. The summed E-state index contributed by atoms with van der Waals surface area (Å²) in [5, 5.41) is 3.42. The largest absolute Gasteiger partial charge is 0.447 e. The molecule has 14 heavy (non-hydrogen) atoms. The van der Waals surface area contributed by atoms with Crippen molar-refractivity contribution in [1.82, 2.24) is 10.3 Å². The Kier molecular flexibility index (Phi) is 2.56. The van der Waals surface area contributed by atoms with Gasteiger partial charge in [0.15, 0.2) is 6.39 Å². The zero-order chi connectivity index (χ0) is 10.0. The number of nitrogens with zero attached hydrogens (tertiary/aromatic N) is 1. The molecule has 1 N–H and O–H groups in total. The summed E-state index contributed by atoms with van der Waals surface area (Å²) in [6.45, 7) is 6.73. The summed E-state index contributed by atoms with van der Waals surface area (Å²) in [5.41, 5.74) is 0.208. The summed E-state index contributed by atoms with van der Waals surface area (Å²) in [5.74, 6) is 0.868. The Labute approximate surface area is 83.7 Å². The van der Waals surface area contributed by atoms with Crippen LogP contribution >= 0.6 is 0 Å². The number of ether oxygens (including phenoxy) is 1. The van der Waals surface area contributed by atoms with Crippen molar-refractivity contribution in [2.45, 2.75) is 26.4 Å². The van der Waals surface area contributed by atoms with Gasteiger partial charge in [-0.1, -0.05) is 13.8 Å². The minimum absolute atomic E-state index is 0.208. The molecule has 1 fully saturated rings. The molecule has 1 aromatic rings. The molecule has 1 aromatic heterocycles. The van der Waals surface area contributed by atoms with Crippen molar-refractivity contribution in [1.29, 1.82) is 0 Å². The fraction of sp³-hybridized carbons (Fsp3) is 0.700. The van der Waals surface area contributed by atoms with Crippen LogP contribution in [0.5, 0.6) is 0 Å². The molecule has 0 radical (unpaired) electrons. The summed E-state index contributed by atoms with van der Waals surface area (Å²) >= 11 is 0. The molecule has 2 heterocycles. The van der Waals surface area contributed by atoms with E-state index in [1.54, 1.807) is 6.20 Å². The maximum atomic E-state index is 5.43. The second-order valence-corrected chi connectivity index (χ2v) is 4.40. The van der Waals surface area contributed by atoms with Crippen molar-refractivity contribution in [3.63, 3.8) is 0 Å². The minimum atomic E-state index is 0.208. The predicted octanol–water partition coefficient (Wildman–Crippen LogP) is 1.19. The van der Waals surface area contributed by atoms with Crippen LogP contribution in [0.4, 0.5) is 0 Å². The first-order valence-corrected chi connectivity index (χ1v) is 4.87. The van der Waals surface area contributed by atoms with E-state index in [0.29, 0.717) is 6.04 Å². The Morgan fingerprint density at radius 3 is 3.07 bits per heavy atom. The van der Waals surface area contributed by atoms with Gasteiger partial charge in [-0.15, -0.1) is 0 Å². The lowest BCUT2D eigenvalue weighted by Crippen LogP contribution is -2.40. The van der Waals surface area contributed by atoms with E-state index in [4.69, 9.17) is 9.15 Å². The van der Waals surface area contributed by atoms with Gasteiger partial charge in [-0.3, -0.25) is 0 Å². The van der Waals surface area contributed by atoms with E-state index in [1.165, 1.54) is 6.39 Å². The normalized spacial score (nSPS) is 25.4. The Hall–Kier alpha value is -0.870. The number of aromatic nitrogens is 1. The summed E-state index contributed by atoms with van der Waals surface area (Å²) in [7, 11) is 0. The van der Waals surface area contributed by atoms with Gasteiger partial charge in [-0.2, -0.15) is 0 Å². The maximum absolute atomic E-state index is 5.43. The molecule has 1 aliphatic heterocycles. The summed E-state index contributed by atoms with van der Waals surface area (Å²) in [4.78, 5) is 3.87. The van der Waals surface area contributed by atoms with Crippen molar-refractivity contribution < 1.29 is 9.15 Å². The molecule has 2 rings (SSSR count). The van der Waals surface area contributed by atoms with Crippen LogP contribution in [0, 0.1) is 5.41 Å². The highest BCUT2D eigenvalue weighted by Crippen LogP contribution is 2.27. The third-order valence-corrected chi connectivity index (χ3v) is 2.71. The zero-order valence-electron chi connectivity index (χ0n) is 8.62. The Morgan fingerprint density at radius 1 is 1.64 bits per heavy atom. The molecule has 0 aromatic carbocycles. The van der Waals surface area contributed by atoms with Gasteiger partial charge in [-0.25, -0.2) is 4.98 Å². The standard InChI is InChI=1S/C10H16N2O2/c1-10(2)6-13-5-9(10)12-4-8-3-11-7-14-8/h3,7,9,12H,4-6H2,1-2H3. The van der Waals surface area contributed by atoms with E-state index in [9.17, 15) is 0 Å². The average Bonchev–Trinajstić information content (AvgIpc) is 2.71. The van der Waals surface area contributed by atoms with Crippen LogP contribution < -0.4 is 5.32 Å². The van der Waals surface area contributed by atoms with Crippen molar-refractivity contribution in [3.8, 4) is 0 Å². The van der Waals surface area contributed by atoms with Gasteiger partial charge < -0.3 is 14.5 Å². The smallest absolute Gasteiger partial charge is 0.180 e. The lowest BCUT2D eigenvalue weighted by atomic mass is 9.88. The van der Waals surface area contributed by atoms with E-state index in [0.717, 1.165) is 25.5 Å². The third-order valence-electron chi connectivity index (χ3n) is 2.71. The summed E-state index contributed by atoms with van der Waals surface area (Å²) in [6, 6.07) is 0.396. The first-order valence-electron chi connectivity index (χ1n) is 4.87. The molecular formula is C10H16N2O2. The van der Waals surface area contributed by atoms with Gasteiger partial charge >= 0.3 is 0 Å². The van der Waals surface area contributed by atoms with Crippen LogP contribution in [0.1, 0.15) is 19.6 Å². The molecule has 4 nitrogen and oxygen atoms in total. The fourth-order valence-electron chi connectivity index (χ4n) is 1.65. The highest BCUT2D eigenvalue weighted by Gasteiger charge is 2.35. The predicted molar refractivity (Wildman–Crippen MR) is 51.7 cm³/mol. The van der Waals surface area contributed by atoms with E-state index >= 15 is 0 Å². The van der Waals surface area contributed by atoms with Gasteiger partial charge in [-0.05, 0) is 0 Å². The van der Waals surface area contributed by atoms with Gasteiger partial charge in [0.05, 0.1) is 26.0 Å². The molecular weight excluding hydrogens is 180 g/mol. The lowest BCUT2D eigenvalue weighted by Gasteiger charge is -2.24. The summed E-state index contributed by atoms with van der Waals surface area (Å²) < 4.78 is 10.6. The van der Waals surface area contributed by atoms with Crippen LogP contribution in [-0.2, 0) is 11.3 Å². The van der Waals surface area contributed by atoms with Gasteiger partial charge in [0.1, 0.15) is 5.76 Å². The Morgan fingerprint density at radius 2 is 2.50 bits per heavy atom. The molecule has 1 saturated heterocycles. The van der Waals surface area contributed by atoms with E-state index in [2.05, 4.69) is 24.1 Å². The zero-order valence-corrected chi connectivity index (χ0v) is 8.62. The van der Waals surface area contributed by atoms with Crippen molar-refractivity contribution >= 4 is 0 Å². The van der Waals surface area contributed by atoms with Crippen LogP contribution in [0.15, 0.2) is 17.0 Å². The number of hydrogen-bond acceptors (Lipinski definition) is 4. The Bertz CT molecular complexity index is 282. The van der Waals surface area contributed by atoms with Crippen LogP contribution in [0.3, 0.4) is 0 Å². The molecule has 0 spiro atoms. The lowest BCUT2D eigenvalue weighted by molar-refractivity contribution is 0.166. The third kappa shape index (κ3) is 1.96. The SMILES string of the molecule is CC1(C)COCC1NCc1cnco1.